The lowest BCUT2D eigenvalue weighted by Gasteiger charge is -2.21. The molecule has 1 N–H and O–H groups in total. The molecule has 2 amide bonds. The molecule has 1 aromatic heterocycles. The number of rotatable bonds is 6. The number of benzene rings is 2. The number of hydrogen-bond acceptors (Lipinski definition) is 6. The maximum absolute atomic E-state index is 12.6. The number of nitrogens with one attached hydrogen (secondary N) is 1. The molecule has 0 unspecified atom stereocenters. The standard InChI is InChI=1S/C23H25N3O4/c1-5-26(6-2)17-12-11-16-13-18(22(28)24-15(3)27)23(30-21(16)14-17)25-19-9-7-8-10-20(19)29-4/h7-14H,5-6H2,1-4H3,(H,24,27,28). The van der Waals surface area contributed by atoms with Crippen molar-refractivity contribution in [1.29, 1.82) is 0 Å². The molecule has 3 rings (SSSR count). The van der Waals surface area contributed by atoms with Gasteiger partial charge in [-0.2, -0.15) is 0 Å². The molecular weight excluding hydrogens is 382 g/mol. The highest BCUT2D eigenvalue weighted by Gasteiger charge is 2.15. The Hall–Kier alpha value is -3.61. The summed E-state index contributed by atoms with van der Waals surface area (Å²) in [6.07, 6.45) is 0. The van der Waals surface area contributed by atoms with Crippen molar-refractivity contribution in [2.45, 2.75) is 20.8 Å². The molecule has 30 heavy (non-hydrogen) atoms. The SMILES string of the molecule is CCN(CC)c1ccc2cc(C(=O)NC(C)=O)c(=Nc3ccccc3OC)oc2c1. The van der Waals surface area contributed by atoms with Crippen LogP contribution in [0.1, 0.15) is 31.1 Å². The van der Waals surface area contributed by atoms with Crippen LogP contribution in [0.5, 0.6) is 5.75 Å². The van der Waals surface area contributed by atoms with Gasteiger partial charge in [-0.25, -0.2) is 4.99 Å². The van der Waals surface area contributed by atoms with Crippen LogP contribution in [0.2, 0.25) is 0 Å². The van der Waals surface area contributed by atoms with E-state index in [-0.39, 0.29) is 11.1 Å². The third kappa shape index (κ3) is 4.51. The second kappa shape index (κ2) is 9.26. The zero-order valence-electron chi connectivity index (χ0n) is 17.6. The summed E-state index contributed by atoms with van der Waals surface area (Å²) in [6.45, 7) is 7.17. The molecule has 7 nitrogen and oxygen atoms in total. The number of hydrogen-bond donors (Lipinski definition) is 1. The molecule has 0 saturated carbocycles. The van der Waals surface area contributed by atoms with Gasteiger partial charge < -0.3 is 14.1 Å². The second-order valence-electron chi connectivity index (χ2n) is 6.65. The monoisotopic (exact) mass is 407 g/mol. The molecule has 0 fully saturated rings. The van der Waals surface area contributed by atoms with Gasteiger partial charge in [-0.05, 0) is 44.2 Å². The fourth-order valence-corrected chi connectivity index (χ4v) is 3.20. The first-order valence-corrected chi connectivity index (χ1v) is 9.79. The molecule has 3 aromatic rings. The number of nitrogens with zero attached hydrogens (tertiary/aromatic N) is 2. The Kier molecular flexibility index (Phi) is 6.51. The van der Waals surface area contributed by atoms with Crippen molar-refractivity contribution in [3.05, 3.63) is 59.6 Å². The minimum Gasteiger partial charge on any atom is -0.494 e. The first-order valence-electron chi connectivity index (χ1n) is 9.79. The van der Waals surface area contributed by atoms with Gasteiger partial charge in [0.05, 0.1) is 7.11 Å². The topological polar surface area (TPSA) is 84.1 Å². The van der Waals surface area contributed by atoms with Crippen molar-refractivity contribution in [3.63, 3.8) is 0 Å². The van der Waals surface area contributed by atoms with Crippen molar-refractivity contribution in [2.75, 3.05) is 25.1 Å². The van der Waals surface area contributed by atoms with Gasteiger partial charge in [0.25, 0.3) is 5.91 Å². The Bertz CT molecular complexity index is 1150. The number of anilines is 1. The number of carbonyl (C=O) groups is 2. The second-order valence-corrected chi connectivity index (χ2v) is 6.65. The molecule has 0 saturated heterocycles. The molecule has 0 atom stereocenters. The minimum atomic E-state index is -0.574. The van der Waals surface area contributed by atoms with Crippen LogP contribution >= 0.6 is 0 Å². The van der Waals surface area contributed by atoms with Gasteiger partial charge >= 0.3 is 0 Å². The fourth-order valence-electron chi connectivity index (χ4n) is 3.20. The number of methoxy groups -OCH3 is 1. The van der Waals surface area contributed by atoms with E-state index < -0.39 is 11.8 Å². The van der Waals surface area contributed by atoms with E-state index in [9.17, 15) is 9.59 Å². The van der Waals surface area contributed by atoms with E-state index in [1.807, 2.05) is 30.3 Å². The van der Waals surface area contributed by atoms with Crippen molar-refractivity contribution < 1.29 is 18.7 Å². The van der Waals surface area contributed by atoms with Crippen LogP contribution in [0.25, 0.3) is 11.0 Å². The Morgan fingerprint density at radius 3 is 2.50 bits per heavy atom. The highest BCUT2D eigenvalue weighted by atomic mass is 16.5. The molecule has 0 aliphatic rings. The molecule has 2 aromatic carbocycles. The summed E-state index contributed by atoms with van der Waals surface area (Å²) in [5.41, 5.74) is 2.38. The molecule has 0 aliphatic heterocycles. The first kappa shape index (κ1) is 21.1. The number of amides is 2. The zero-order chi connectivity index (χ0) is 21.7. The maximum Gasteiger partial charge on any atom is 0.263 e. The average molecular weight is 407 g/mol. The van der Waals surface area contributed by atoms with E-state index in [0.29, 0.717) is 17.0 Å². The van der Waals surface area contributed by atoms with Crippen molar-refractivity contribution in [2.24, 2.45) is 4.99 Å². The smallest absolute Gasteiger partial charge is 0.263 e. The average Bonchev–Trinajstić information content (AvgIpc) is 2.74. The summed E-state index contributed by atoms with van der Waals surface area (Å²) >= 11 is 0. The van der Waals surface area contributed by atoms with E-state index in [1.54, 1.807) is 25.3 Å². The van der Waals surface area contributed by atoms with E-state index in [1.165, 1.54) is 6.92 Å². The molecule has 0 aliphatic carbocycles. The first-order chi connectivity index (χ1) is 14.5. The van der Waals surface area contributed by atoms with Crippen LogP contribution in [0, 0.1) is 0 Å². The molecule has 7 heteroatoms. The van der Waals surface area contributed by atoms with Crippen molar-refractivity contribution >= 4 is 34.2 Å². The van der Waals surface area contributed by atoms with Crippen LogP contribution in [-0.2, 0) is 4.79 Å². The van der Waals surface area contributed by atoms with Gasteiger partial charge in [0.2, 0.25) is 11.5 Å². The number of para-hydroxylation sites is 2. The lowest BCUT2D eigenvalue weighted by molar-refractivity contribution is -0.118. The van der Waals surface area contributed by atoms with Gasteiger partial charge in [-0.1, -0.05) is 12.1 Å². The lowest BCUT2D eigenvalue weighted by atomic mass is 10.1. The van der Waals surface area contributed by atoms with Gasteiger partial charge in [-0.3, -0.25) is 14.9 Å². The third-order valence-electron chi connectivity index (χ3n) is 4.70. The number of carbonyl (C=O) groups excluding carboxylic acids is 2. The summed E-state index contributed by atoms with van der Waals surface area (Å²) in [6, 6.07) is 14.7. The molecule has 0 bridgehead atoms. The van der Waals surface area contributed by atoms with Crippen molar-refractivity contribution in [3.8, 4) is 5.75 Å². The Morgan fingerprint density at radius 2 is 1.83 bits per heavy atom. The van der Waals surface area contributed by atoms with E-state index >= 15 is 0 Å². The normalized spacial score (nSPS) is 11.4. The number of imide groups is 1. The van der Waals surface area contributed by atoms with E-state index in [4.69, 9.17) is 9.15 Å². The zero-order valence-corrected chi connectivity index (χ0v) is 17.6. The van der Waals surface area contributed by atoms with Gasteiger partial charge in [0, 0.05) is 37.2 Å². The number of ether oxygens (including phenoxy) is 1. The van der Waals surface area contributed by atoms with Crippen LogP contribution in [0.15, 0.2) is 57.9 Å². The largest absolute Gasteiger partial charge is 0.494 e. The lowest BCUT2D eigenvalue weighted by Crippen LogP contribution is -2.32. The maximum atomic E-state index is 12.6. The predicted octanol–water partition coefficient (Wildman–Crippen LogP) is 3.80. The van der Waals surface area contributed by atoms with Gasteiger partial charge in [0.15, 0.2) is 0 Å². The quantitative estimate of drug-likeness (QED) is 0.672. The fraction of sp³-hybridized carbons (Fsp3) is 0.261. The highest BCUT2D eigenvalue weighted by Crippen LogP contribution is 2.26. The molecule has 0 radical (unpaired) electrons. The van der Waals surface area contributed by atoms with Crippen LogP contribution in [-0.4, -0.2) is 32.0 Å². The van der Waals surface area contributed by atoms with Crippen molar-refractivity contribution in [1.82, 2.24) is 5.32 Å². The third-order valence-corrected chi connectivity index (χ3v) is 4.70. The van der Waals surface area contributed by atoms with Crippen LogP contribution in [0.4, 0.5) is 11.4 Å². The summed E-state index contributed by atoms with van der Waals surface area (Å²) < 4.78 is 11.4. The molecule has 0 spiro atoms. The van der Waals surface area contributed by atoms with Gasteiger partial charge in [-0.15, -0.1) is 0 Å². The van der Waals surface area contributed by atoms with Crippen LogP contribution in [0.3, 0.4) is 0 Å². The molecular formula is C23H25N3O4. The molecule has 1 heterocycles. The van der Waals surface area contributed by atoms with Crippen LogP contribution < -0.4 is 20.5 Å². The minimum absolute atomic E-state index is 0.0995. The molecule has 156 valence electrons. The van der Waals surface area contributed by atoms with Gasteiger partial charge in [0.1, 0.15) is 22.6 Å². The highest BCUT2D eigenvalue weighted by molar-refractivity contribution is 6.05. The van der Waals surface area contributed by atoms with E-state index in [2.05, 4.69) is 29.1 Å². The number of fused-ring (bicyclic) bond motifs is 1. The predicted molar refractivity (Wildman–Crippen MR) is 116 cm³/mol. The summed E-state index contributed by atoms with van der Waals surface area (Å²) in [5, 5.41) is 3.02. The Balaban J connectivity index is 2.25. The Morgan fingerprint density at radius 1 is 1.10 bits per heavy atom. The summed E-state index contributed by atoms with van der Waals surface area (Å²) in [7, 11) is 1.55. The summed E-state index contributed by atoms with van der Waals surface area (Å²) in [5.74, 6) is -0.488. The van der Waals surface area contributed by atoms with E-state index in [0.717, 1.165) is 24.2 Å². The summed E-state index contributed by atoms with van der Waals surface area (Å²) in [4.78, 5) is 30.8. The Labute approximate surface area is 175 Å².